The molecule has 0 aliphatic heterocycles. The van der Waals surface area contributed by atoms with E-state index in [-0.39, 0.29) is 0 Å². The van der Waals surface area contributed by atoms with Gasteiger partial charge in [0.05, 0.1) is 30.5 Å². The molecule has 20 heavy (non-hydrogen) atoms. The molecule has 1 N–H and O–H groups in total. The van der Waals surface area contributed by atoms with E-state index in [2.05, 4.69) is 5.32 Å². The number of nitrogens with one attached hydrogen (secondary N) is 1. The van der Waals surface area contributed by atoms with Crippen molar-refractivity contribution in [2.45, 2.75) is 0 Å². The third-order valence-corrected chi connectivity index (χ3v) is 3.09. The summed E-state index contributed by atoms with van der Waals surface area (Å²) in [5, 5.41) is 12.5. The van der Waals surface area contributed by atoms with Crippen molar-refractivity contribution in [3.8, 4) is 17.6 Å². The number of anilines is 2. The van der Waals surface area contributed by atoms with Crippen LogP contribution < -0.4 is 14.8 Å². The summed E-state index contributed by atoms with van der Waals surface area (Å²) in [4.78, 5) is 0. The first-order chi connectivity index (χ1) is 9.67. The Hall–Kier alpha value is -2.38. The Labute approximate surface area is 122 Å². The van der Waals surface area contributed by atoms with Gasteiger partial charge in [0.2, 0.25) is 0 Å². The maximum atomic E-state index is 8.85. The van der Waals surface area contributed by atoms with Gasteiger partial charge in [0.15, 0.2) is 0 Å². The number of halogens is 1. The van der Waals surface area contributed by atoms with E-state index in [1.807, 2.05) is 18.2 Å². The lowest BCUT2D eigenvalue weighted by atomic mass is 10.2. The molecule has 102 valence electrons. The molecule has 2 aromatic carbocycles. The highest BCUT2D eigenvalue weighted by Crippen LogP contribution is 2.32. The summed E-state index contributed by atoms with van der Waals surface area (Å²) in [6, 6.07) is 12.6. The third-order valence-electron chi connectivity index (χ3n) is 2.78. The molecule has 0 atom stereocenters. The molecule has 0 heterocycles. The molecule has 0 aliphatic carbocycles. The number of nitriles is 1. The smallest absolute Gasteiger partial charge is 0.145 e. The second-order valence-corrected chi connectivity index (χ2v) is 4.40. The minimum atomic E-state index is 0.407. The monoisotopic (exact) mass is 288 g/mol. The van der Waals surface area contributed by atoms with Gasteiger partial charge in [-0.05, 0) is 30.3 Å². The van der Waals surface area contributed by atoms with Crippen molar-refractivity contribution in [2.75, 3.05) is 19.5 Å². The highest BCUT2D eigenvalue weighted by Gasteiger charge is 2.07. The van der Waals surface area contributed by atoms with Gasteiger partial charge in [-0.1, -0.05) is 11.6 Å². The van der Waals surface area contributed by atoms with Crippen LogP contribution in [0.15, 0.2) is 36.4 Å². The lowest BCUT2D eigenvalue weighted by Gasteiger charge is -2.13. The van der Waals surface area contributed by atoms with Crippen molar-refractivity contribution < 1.29 is 9.47 Å². The summed E-state index contributed by atoms with van der Waals surface area (Å²) in [6.07, 6.45) is 0. The highest BCUT2D eigenvalue weighted by atomic mass is 35.5. The van der Waals surface area contributed by atoms with Crippen LogP contribution in [-0.4, -0.2) is 14.2 Å². The maximum absolute atomic E-state index is 8.85. The Kier molecular flexibility index (Phi) is 4.34. The van der Waals surface area contributed by atoms with Gasteiger partial charge in [-0.15, -0.1) is 0 Å². The lowest BCUT2D eigenvalue weighted by Crippen LogP contribution is -1.96. The van der Waals surface area contributed by atoms with Gasteiger partial charge in [0.25, 0.3) is 0 Å². The lowest BCUT2D eigenvalue weighted by molar-refractivity contribution is 0.395. The number of hydrogen-bond donors (Lipinski definition) is 1. The molecule has 0 amide bonds. The van der Waals surface area contributed by atoms with Gasteiger partial charge in [-0.25, -0.2) is 0 Å². The van der Waals surface area contributed by atoms with Crippen LogP contribution in [0.3, 0.4) is 0 Å². The van der Waals surface area contributed by atoms with E-state index < -0.39 is 0 Å². The van der Waals surface area contributed by atoms with E-state index in [9.17, 15) is 0 Å². The minimum absolute atomic E-state index is 0.407. The Morgan fingerprint density at radius 2 is 1.90 bits per heavy atom. The van der Waals surface area contributed by atoms with Gasteiger partial charge in [0.1, 0.15) is 17.6 Å². The van der Waals surface area contributed by atoms with Crippen molar-refractivity contribution >= 4 is 23.0 Å². The van der Waals surface area contributed by atoms with Gasteiger partial charge in [-0.2, -0.15) is 5.26 Å². The van der Waals surface area contributed by atoms with Crippen LogP contribution in [0.25, 0.3) is 0 Å². The van der Waals surface area contributed by atoms with Gasteiger partial charge < -0.3 is 14.8 Å². The normalized spacial score (nSPS) is 9.70. The van der Waals surface area contributed by atoms with Crippen LogP contribution in [0, 0.1) is 11.3 Å². The molecule has 0 radical (unpaired) electrons. The van der Waals surface area contributed by atoms with Crippen LogP contribution >= 0.6 is 11.6 Å². The molecular weight excluding hydrogens is 276 g/mol. The van der Waals surface area contributed by atoms with Crippen LogP contribution in [0.4, 0.5) is 11.4 Å². The van der Waals surface area contributed by atoms with Crippen molar-refractivity contribution in [2.24, 2.45) is 0 Å². The summed E-state index contributed by atoms with van der Waals surface area (Å²) in [5.74, 6) is 1.37. The number of nitrogens with zero attached hydrogens (tertiary/aromatic N) is 1. The first-order valence-corrected chi connectivity index (χ1v) is 6.24. The fourth-order valence-electron chi connectivity index (χ4n) is 1.74. The maximum Gasteiger partial charge on any atom is 0.145 e. The topological polar surface area (TPSA) is 54.3 Å². The second kappa shape index (κ2) is 6.18. The molecule has 2 rings (SSSR count). The van der Waals surface area contributed by atoms with Crippen molar-refractivity contribution in [3.05, 3.63) is 47.0 Å². The first-order valence-electron chi connectivity index (χ1n) is 5.86. The average molecular weight is 289 g/mol. The number of ether oxygens (including phenoxy) is 2. The number of methoxy groups -OCH3 is 2. The van der Waals surface area contributed by atoms with Gasteiger partial charge in [-0.3, -0.25) is 0 Å². The number of rotatable bonds is 4. The predicted octanol–water partition coefficient (Wildman–Crippen LogP) is 3.97. The molecule has 5 heteroatoms. The molecule has 4 nitrogen and oxygen atoms in total. The zero-order valence-electron chi connectivity index (χ0n) is 11.1. The van der Waals surface area contributed by atoms with Crippen LogP contribution in [0.2, 0.25) is 5.02 Å². The van der Waals surface area contributed by atoms with E-state index in [4.69, 9.17) is 26.3 Å². The molecule has 0 unspecified atom stereocenters. The molecular formula is C15H13ClN2O2. The number of benzene rings is 2. The van der Waals surface area contributed by atoms with E-state index >= 15 is 0 Å². The Bertz CT molecular complexity index is 665. The molecule has 0 spiro atoms. The predicted molar refractivity (Wildman–Crippen MR) is 79.0 cm³/mol. The van der Waals surface area contributed by atoms with E-state index in [1.54, 1.807) is 38.5 Å². The Morgan fingerprint density at radius 3 is 2.50 bits per heavy atom. The quantitative estimate of drug-likeness (QED) is 0.925. The second-order valence-electron chi connectivity index (χ2n) is 4.00. The fraction of sp³-hybridized carbons (Fsp3) is 0.133. The van der Waals surface area contributed by atoms with E-state index in [1.165, 1.54) is 0 Å². The van der Waals surface area contributed by atoms with Crippen LogP contribution in [0.1, 0.15) is 5.56 Å². The summed E-state index contributed by atoms with van der Waals surface area (Å²) in [6.45, 7) is 0. The standard InChI is InChI=1S/C15H13ClN2O2/c1-19-12-5-6-14(15(8-12)20-2)18-11-4-3-10(9-17)13(16)7-11/h3-8,18H,1-2H3. The summed E-state index contributed by atoms with van der Waals surface area (Å²) in [7, 11) is 3.19. The van der Waals surface area contributed by atoms with Crippen molar-refractivity contribution in [3.63, 3.8) is 0 Å². The fourth-order valence-corrected chi connectivity index (χ4v) is 1.96. The average Bonchev–Trinajstić information content (AvgIpc) is 2.48. The molecule has 0 fully saturated rings. The molecule has 0 saturated heterocycles. The van der Waals surface area contributed by atoms with Crippen LogP contribution in [0.5, 0.6) is 11.5 Å². The SMILES string of the molecule is COc1ccc(Nc2ccc(C#N)c(Cl)c2)c(OC)c1. The third kappa shape index (κ3) is 2.95. The largest absolute Gasteiger partial charge is 0.497 e. The van der Waals surface area contributed by atoms with Crippen molar-refractivity contribution in [1.29, 1.82) is 5.26 Å². The summed E-state index contributed by atoms with van der Waals surface area (Å²) >= 11 is 6.00. The first kappa shape index (κ1) is 14.0. The molecule has 0 saturated carbocycles. The molecule has 2 aromatic rings. The van der Waals surface area contributed by atoms with Gasteiger partial charge >= 0.3 is 0 Å². The minimum Gasteiger partial charge on any atom is -0.497 e. The number of hydrogen-bond acceptors (Lipinski definition) is 4. The molecule has 0 aromatic heterocycles. The zero-order chi connectivity index (χ0) is 14.5. The Balaban J connectivity index is 2.30. The van der Waals surface area contributed by atoms with E-state index in [0.717, 1.165) is 11.4 Å². The molecule has 0 bridgehead atoms. The van der Waals surface area contributed by atoms with Gasteiger partial charge in [0, 0.05) is 11.8 Å². The zero-order valence-corrected chi connectivity index (χ0v) is 11.9. The van der Waals surface area contributed by atoms with E-state index in [0.29, 0.717) is 22.1 Å². The molecule has 0 aliphatic rings. The van der Waals surface area contributed by atoms with Crippen molar-refractivity contribution in [1.82, 2.24) is 0 Å². The summed E-state index contributed by atoms with van der Waals surface area (Å²) < 4.78 is 10.5. The van der Waals surface area contributed by atoms with Crippen LogP contribution in [-0.2, 0) is 0 Å². The Morgan fingerprint density at radius 1 is 1.10 bits per heavy atom. The highest BCUT2D eigenvalue weighted by molar-refractivity contribution is 6.32. The summed E-state index contributed by atoms with van der Waals surface area (Å²) in [5.41, 5.74) is 2.01.